The zero-order valence-corrected chi connectivity index (χ0v) is 8.99. The molecule has 2 unspecified atom stereocenters. The summed E-state index contributed by atoms with van der Waals surface area (Å²) in [5.41, 5.74) is 3.12. The SMILES string of the molecule is Cc1cccc(C)c1C(O)CC(C)O. The zero-order chi connectivity index (χ0) is 10.7. The molecule has 0 amide bonds. The van der Waals surface area contributed by atoms with E-state index in [1.54, 1.807) is 6.92 Å². The molecule has 0 bridgehead atoms. The van der Waals surface area contributed by atoms with Gasteiger partial charge in [0, 0.05) is 6.42 Å². The Morgan fingerprint density at radius 1 is 1.14 bits per heavy atom. The van der Waals surface area contributed by atoms with E-state index in [1.807, 2.05) is 32.0 Å². The number of hydrogen-bond acceptors (Lipinski definition) is 2. The molecule has 2 atom stereocenters. The molecule has 2 heteroatoms. The highest BCUT2D eigenvalue weighted by molar-refractivity contribution is 5.35. The molecule has 78 valence electrons. The Balaban J connectivity index is 2.94. The van der Waals surface area contributed by atoms with Gasteiger partial charge in [-0.1, -0.05) is 18.2 Å². The molecule has 0 spiro atoms. The molecule has 0 heterocycles. The molecule has 1 aromatic rings. The summed E-state index contributed by atoms with van der Waals surface area (Å²) in [6, 6.07) is 5.93. The van der Waals surface area contributed by atoms with Crippen LogP contribution >= 0.6 is 0 Å². The van der Waals surface area contributed by atoms with Crippen molar-refractivity contribution in [1.82, 2.24) is 0 Å². The normalized spacial score (nSPS) is 15.2. The highest BCUT2D eigenvalue weighted by Gasteiger charge is 2.14. The van der Waals surface area contributed by atoms with Gasteiger partial charge in [-0.25, -0.2) is 0 Å². The van der Waals surface area contributed by atoms with Crippen LogP contribution in [-0.2, 0) is 0 Å². The highest BCUT2D eigenvalue weighted by atomic mass is 16.3. The first-order chi connectivity index (χ1) is 6.52. The largest absolute Gasteiger partial charge is 0.393 e. The lowest BCUT2D eigenvalue weighted by molar-refractivity contribution is 0.0900. The van der Waals surface area contributed by atoms with Gasteiger partial charge >= 0.3 is 0 Å². The van der Waals surface area contributed by atoms with Crippen molar-refractivity contribution in [3.8, 4) is 0 Å². The fourth-order valence-corrected chi connectivity index (χ4v) is 1.79. The Bertz CT molecular complexity index is 285. The van der Waals surface area contributed by atoms with Crippen LogP contribution in [0.3, 0.4) is 0 Å². The third kappa shape index (κ3) is 2.56. The standard InChI is InChI=1S/C12H18O2/c1-8-5-4-6-9(2)12(8)11(14)7-10(3)13/h4-6,10-11,13-14H,7H2,1-3H3. The van der Waals surface area contributed by atoms with E-state index in [0.29, 0.717) is 6.42 Å². The predicted octanol–water partition coefficient (Wildman–Crippen LogP) is 2.11. The molecule has 0 saturated heterocycles. The van der Waals surface area contributed by atoms with Crippen LogP contribution in [-0.4, -0.2) is 16.3 Å². The molecule has 0 aromatic heterocycles. The molecule has 14 heavy (non-hydrogen) atoms. The van der Waals surface area contributed by atoms with Gasteiger partial charge in [0.25, 0.3) is 0 Å². The first-order valence-corrected chi connectivity index (χ1v) is 4.94. The van der Waals surface area contributed by atoms with Crippen LogP contribution < -0.4 is 0 Å². The molecule has 0 radical (unpaired) electrons. The quantitative estimate of drug-likeness (QED) is 0.773. The summed E-state index contributed by atoms with van der Waals surface area (Å²) in [6.07, 6.45) is -0.633. The minimum atomic E-state index is -0.559. The van der Waals surface area contributed by atoms with Crippen molar-refractivity contribution in [2.75, 3.05) is 0 Å². The van der Waals surface area contributed by atoms with E-state index in [1.165, 1.54) is 0 Å². The van der Waals surface area contributed by atoms with Crippen LogP contribution in [0.5, 0.6) is 0 Å². The monoisotopic (exact) mass is 194 g/mol. The minimum Gasteiger partial charge on any atom is -0.393 e. The van der Waals surface area contributed by atoms with Gasteiger partial charge in [-0.2, -0.15) is 0 Å². The van der Waals surface area contributed by atoms with Gasteiger partial charge in [0.1, 0.15) is 0 Å². The first-order valence-electron chi connectivity index (χ1n) is 4.94. The van der Waals surface area contributed by atoms with Crippen LogP contribution in [0.2, 0.25) is 0 Å². The fraction of sp³-hybridized carbons (Fsp3) is 0.500. The highest BCUT2D eigenvalue weighted by Crippen LogP contribution is 2.25. The van der Waals surface area contributed by atoms with Gasteiger partial charge in [-0.15, -0.1) is 0 Å². The van der Waals surface area contributed by atoms with Crippen LogP contribution in [0.1, 0.15) is 36.1 Å². The van der Waals surface area contributed by atoms with Gasteiger partial charge < -0.3 is 10.2 Å². The van der Waals surface area contributed by atoms with E-state index in [4.69, 9.17) is 0 Å². The molecule has 0 aliphatic carbocycles. The number of hydrogen-bond donors (Lipinski definition) is 2. The third-order valence-electron chi connectivity index (χ3n) is 2.44. The molecule has 0 fully saturated rings. The van der Waals surface area contributed by atoms with Crippen molar-refractivity contribution in [2.24, 2.45) is 0 Å². The molecule has 1 rings (SSSR count). The van der Waals surface area contributed by atoms with Gasteiger partial charge in [-0.3, -0.25) is 0 Å². The van der Waals surface area contributed by atoms with E-state index in [9.17, 15) is 10.2 Å². The number of rotatable bonds is 3. The van der Waals surface area contributed by atoms with Crippen LogP contribution in [0.4, 0.5) is 0 Å². The predicted molar refractivity (Wildman–Crippen MR) is 57.2 cm³/mol. The summed E-state index contributed by atoms with van der Waals surface area (Å²) < 4.78 is 0. The Kier molecular flexibility index (Phi) is 3.67. The van der Waals surface area contributed by atoms with E-state index >= 15 is 0 Å². The Hall–Kier alpha value is -0.860. The van der Waals surface area contributed by atoms with Crippen molar-refractivity contribution in [3.05, 3.63) is 34.9 Å². The number of aryl methyl sites for hydroxylation is 2. The van der Waals surface area contributed by atoms with Crippen LogP contribution in [0.15, 0.2) is 18.2 Å². The van der Waals surface area contributed by atoms with Crippen molar-refractivity contribution in [3.63, 3.8) is 0 Å². The van der Waals surface area contributed by atoms with Crippen molar-refractivity contribution < 1.29 is 10.2 Å². The maximum Gasteiger partial charge on any atom is 0.0819 e. The Labute approximate surface area is 85.2 Å². The Morgan fingerprint density at radius 2 is 1.64 bits per heavy atom. The number of aliphatic hydroxyl groups is 2. The van der Waals surface area contributed by atoms with E-state index in [2.05, 4.69) is 0 Å². The summed E-state index contributed by atoms with van der Waals surface area (Å²) in [7, 11) is 0. The van der Waals surface area contributed by atoms with Gasteiger partial charge in [0.2, 0.25) is 0 Å². The van der Waals surface area contributed by atoms with E-state index in [-0.39, 0.29) is 0 Å². The molecule has 2 nitrogen and oxygen atoms in total. The van der Waals surface area contributed by atoms with Gasteiger partial charge in [0.15, 0.2) is 0 Å². The Morgan fingerprint density at radius 3 is 2.07 bits per heavy atom. The second kappa shape index (κ2) is 4.58. The molecular weight excluding hydrogens is 176 g/mol. The van der Waals surface area contributed by atoms with Crippen LogP contribution in [0, 0.1) is 13.8 Å². The third-order valence-corrected chi connectivity index (χ3v) is 2.44. The summed E-state index contributed by atoms with van der Waals surface area (Å²) in [5.74, 6) is 0. The summed E-state index contributed by atoms with van der Waals surface area (Å²) in [4.78, 5) is 0. The molecular formula is C12H18O2. The number of benzene rings is 1. The lowest BCUT2D eigenvalue weighted by Gasteiger charge is -2.17. The average molecular weight is 194 g/mol. The van der Waals surface area contributed by atoms with Crippen molar-refractivity contribution in [2.45, 2.75) is 39.4 Å². The van der Waals surface area contributed by atoms with Crippen molar-refractivity contribution >= 4 is 0 Å². The van der Waals surface area contributed by atoms with E-state index in [0.717, 1.165) is 16.7 Å². The lowest BCUT2D eigenvalue weighted by atomic mass is 9.95. The fourth-order valence-electron chi connectivity index (χ4n) is 1.79. The van der Waals surface area contributed by atoms with Gasteiger partial charge in [0.05, 0.1) is 12.2 Å². The molecule has 1 aromatic carbocycles. The smallest absolute Gasteiger partial charge is 0.0819 e. The first kappa shape index (κ1) is 11.2. The summed E-state index contributed by atoms with van der Waals surface area (Å²) in [5, 5.41) is 19.1. The number of aliphatic hydroxyl groups excluding tert-OH is 2. The zero-order valence-electron chi connectivity index (χ0n) is 8.99. The van der Waals surface area contributed by atoms with Crippen molar-refractivity contribution in [1.29, 1.82) is 0 Å². The van der Waals surface area contributed by atoms with Gasteiger partial charge in [-0.05, 0) is 37.5 Å². The maximum atomic E-state index is 9.89. The molecule has 2 N–H and O–H groups in total. The lowest BCUT2D eigenvalue weighted by Crippen LogP contribution is -2.10. The van der Waals surface area contributed by atoms with Crippen LogP contribution in [0.25, 0.3) is 0 Å². The molecule has 0 aliphatic rings. The maximum absolute atomic E-state index is 9.89. The second-order valence-electron chi connectivity index (χ2n) is 3.91. The molecule has 0 aliphatic heterocycles. The minimum absolute atomic E-state index is 0.395. The topological polar surface area (TPSA) is 40.5 Å². The summed E-state index contributed by atoms with van der Waals surface area (Å²) in [6.45, 7) is 5.65. The summed E-state index contributed by atoms with van der Waals surface area (Å²) >= 11 is 0. The van der Waals surface area contributed by atoms with E-state index < -0.39 is 12.2 Å². The average Bonchev–Trinajstić information content (AvgIpc) is 2.01. The molecule has 0 saturated carbocycles. The second-order valence-corrected chi connectivity index (χ2v) is 3.91.